The van der Waals surface area contributed by atoms with Gasteiger partial charge in [0.1, 0.15) is 18.2 Å². The van der Waals surface area contributed by atoms with Crippen LogP contribution in [-0.4, -0.2) is 82.3 Å². The molecule has 2 amide bonds. The summed E-state index contributed by atoms with van der Waals surface area (Å²) in [5.41, 5.74) is -1.59. The highest BCUT2D eigenvalue weighted by atomic mass is 16.6. The quantitative estimate of drug-likeness (QED) is 0.463. The van der Waals surface area contributed by atoms with Gasteiger partial charge in [0, 0.05) is 18.6 Å². The molecule has 1 spiro atoms. The first-order valence-corrected chi connectivity index (χ1v) is 10.4. The summed E-state index contributed by atoms with van der Waals surface area (Å²) in [6.45, 7) is 13.1. The van der Waals surface area contributed by atoms with E-state index in [1.807, 2.05) is 20.8 Å². The van der Waals surface area contributed by atoms with Crippen molar-refractivity contribution in [3.63, 3.8) is 0 Å². The van der Waals surface area contributed by atoms with E-state index in [4.69, 9.17) is 9.47 Å². The molecular weight excluding hydrogens is 388 g/mol. The lowest BCUT2D eigenvalue weighted by atomic mass is 9.70. The monoisotopic (exact) mass is 420 g/mol. The Labute approximate surface area is 177 Å². The predicted octanol–water partition coefficient (Wildman–Crippen LogP) is 0.896. The van der Waals surface area contributed by atoms with E-state index < -0.39 is 41.1 Å². The summed E-state index contributed by atoms with van der Waals surface area (Å²) in [5, 5.41) is 9.59. The van der Waals surface area contributed by atoms with Gasteiger partial charge in [-0.1, -0.05) is 18.7 Å². The number of rotatable bonds is 8. The number of hydrogen-bond donors (Lipinski definition) is 1. The van der Waals surface area contributed by atoms with Gasteiger partial charge in [-0.25, -0.2) is 0 Å². The number of hydrogen-bond acceptors (Lipinski definition) is 6. The van der Waals surface area contributed by atoms with E-state index in [0.717, 1.165) is 0 Å². The zero-order chi connectivity index (χ0) is 22.3. The SMILES string of the molecule is C=CCOC(=O)[C@@H]1[C@H]2C(=O)N(CCO)C(C(=O)N(CC=C)C(C)(C)C)C23CC[C@H]1O3. The third kappa shape index (κ3) is 3.36. The molecule has 0 aromatic rings. The Bertz CT molecular complexity index is 744. The number of fused-ring (bicyclic) bond motifs is 1. The van der Waals surface area contributed by atoms with E-state index in [9.17, 15) is 19.5 Å². The number of carbonyl (C=O) groups excluding carboxylic acids is 3. The van der Waals surface area contributed by atoms with E-state index in [2.05, 4.69) is 13.2 Å². The van der Waals surface area contributed by atoms with Crippen LogP contribution in [-0.2, 0) is 23.9 Å². The molecule has 30 heavy (non-hydrogen) atoms. The van der Waals surface area contributed by atoms with Crippen molar-refractivity contribution in [2.24, 2.45) is 11.8 Å². The Morgan fingerprint density at radius 2 is 2.07 bits per heavy atom. The van der Waals surface area contributed by atoms with Crippen molar-refractivity contribution in [2.45, 2.75) is 56.9 Å². The fraction of sp³-hybridized carbons (Fsp3) is 0.682. The highest BCUT2D eigenvalue weighted by Crippen LogP contribution is 2.58. The third-order valence-electron chi connectivity index (χ3n) is 6.38. The lowest BCUT2D eigenvalue weighted by molar-refractivity contribution is -0.155. The fourth-order valence-corrected chi connectivity index (χ4v) is 5.26. The van der Waals surface area contributed by atoms with Gasteiger partial charge in [-0.15, -0.1) is 6.58 Å². The molecule has 3 saturated heterocycles. The molecule has 2 unspecified atom stereocenters. The molecule has 0 aliphatic carbocycles. The minimum Gasteiger partial charge on any atom is -0.461 e. The summed E-state index contributed by atoms with van der Waals surface area (Å²) >= 11 is 0. The maximum Gasteiger partial charge on any atom is 0.312 e. The molecule has 3 aliphatic heterocycles. The molecule has 0 aromatic heterocycles. The third-order valence-corrected chi connectivity index (χ3v) is 6.38. The van der Waals surface area contributed by atoms with Crippen LogP contribution < -0.4 is 0 Å². The minimum absolute atomic E-state index is 0.00200. The number of ether oxygens (including phenoxy) is 2. The highest BCUT2D eigenvalue weighted by Gasteiger charge is 2.75. The second kappa shape index (κ2) is 8.15. The summed E-state index contributed by atoms with van der Waals surface area (Å²) < 4.78 is 11.5. The van der Waals surface area contributed by atoms with Crippen LogP contribution in [0.25, 0.3) is 0 Å². The van der Waals surface area contributed by atoms with Gasteiger partial charge < -0.3 is 24.4 Å². The zero-order valence-corrected chi connectivity index (χ0v) is 18.0. The van der Waals surface area contributed by atoms with Crippen LogP contribution in [0.15, 0.2) is 25.3 Å². The van der Waals surface area contributed by atoms with Crippen molar-refractivity contribution in [3.05, 3.63) is 25.3 Å². The Morgan fingerprint density at radius 3 is 2.63 bits per heavy atom. The molecule has 2 bridgehead atoms. The van der Waals surface area contributed by atoms with Crippen molar-refractivity contribution < 1.29 is 29.0 Å². The van der Waals surface area contributed by atoms with Crippen LogP contribution in [0.1, 0.15) is 33.6 Å². The van der Waals surface area contributed by atoms with Crippen LogP contribution in [0.5, 0.6) is 0 Å². The Balaban J connectivity index is 2.02. The number of β-amino-alcohol motifs (C(OH)–C–C–N with tert-alkyl or cyclic N) is 1. The van der Waals surface area contributed by atoms with Gasteiger partial charge in [-0.2, -0.15) is 0 Å². The highest BCUT2D eigenvalue weighted by molar-refractivity contribution is 5.98. The van der Waals surface area contributed by atoms with Crippen LogP contribution >= 0.6 is 0 Å². The molecule has 3 rings (SSSR count). The molecule has 166 valence electrons. The van der Waals surface area contributed by atoms with E-state index in [1.54, 1.807) is 11.0 Å². The fourth-order valence-electron chi connectivity index (χ4n) is 5.26. The first-order valence-electron chi connectivity index (χ1n) is 10.4. The molecule has 3 aliphatic rings. The minimum atomic E-state index is -1.09. The maximum atomic E-state index is 13.8. The van der Waals surface area contributed by atoms with Crippen LogP contribution in [0.2, 0.25) is 0 Å². The molecule has 1 N–H and O–H groups in total. The Morgan fingerprint density at radius 1 is 1.37 bits per heavy atom. The van der Waals surface area contributed by atoms with Gasteiger partial charge in [0.25, 0.3) is 0 Å². The van der Waals surface area contributed by atoms with Crippen molar-refractivity contribution >= 4 is 17.8 Å². The topological polar surface area (TPSA) is 96.4 Å². The maximum absolute atomic E-state index is 13.8. The van der Waals surface area contributed by atoms with Crippen molar-refractivity contribution in [2.75, 3.05) is 26.3 Å². The second-order valence-corrected chi connectivity index (χ2v) is 9.14. The van der Waals surface area contributed by atoms with Crippen LogP contribution in [0, 0.1) is 11.8 Å². The van der Waals surface area contributed by atoms with Gasteiger partial charge in [0.2, 0.25) is 11.8 Å². The summed E-state index contributed by atoms with van der Waals surface area (Å²) in [7, 11) is 0. The second-order valence-electron chi connectivity index (χ2n) is 9.14. The predicted molar refractivity (Wildman–Crippen MR) is 109 cm³/mol. The van der Waals surface area contributed by atoms with Gasteiger partial charge in [-0.3, -0.25) is 14.4 Å². The normalized spacial score (nSPS) is 32.1. The number of nitrogens with zero attached hydrogens (tertiary/aromatic N) is 2. The van der Waals surface area contributed by atoms with E-state index in [1.165, 1.54) is 11.0 Å². The molecule has 0 aromatic carbocycles. The first-order chi connectivity index (χ1) is 14.1. The van der Waals surface area contributed by atoms with Crippen molar-refractivity contribution in [1.82, 2.24) is 9.80 Å². The van der Waals surface area contributed by atoms with Crippen LogP contribution in [0.4, 0.5) is 0 Å². The zero-order valence-electron chi connectivity index (χ0n) is 18.0. The lowest BCUT2D eigenvalue weighted by Crippen LogP contribution is -2.60. The van der Waals surface area contributed by atoms with Gasteiger partial charge in [0.05, 0.1) is 24.5 Å². The largest absolute Gasteiger partial charge is 0.461 e. The number of amides is 2. The molecule has 3 fully saturated rings. The van der Waals surface area contributed by atoms with E-state index in [0.29, 0.717) is 19.4 Å². The smallest absolute Gasteiger partial charge is 0.312 e. The van der Waals surface area contributed by atoms with Crippen molar-refractivity contribution in [1.29, 1.82) is 0 Å². The summed E-state index contributed by atoms with van der Waals surface area (Å²) in [6.07, 6.45) is 3.74. The summed E-state index contributed by atoms with van der Waals surface area (Å²) in [6, 6.07) is -0.900. The van der Waals surface area contributed by atoms with Gasteiger partial charge in [0.15, 0.2) is 0 Å². The number of esters is 1. The molecule has 5 atom stereocenters. The molecular formula is C22H32N2O6. The summed E-state index contributed by atoms with van der Waals surface area (Å²) in [5.74, 6) is -2.65. The van der Waals surface area contributed by atoms with Gasteiger partial charge >= 0.3 is 5.97 Å². The van der Waals surface area contributed by atoms with Gasteiger partial charge in [-0.05, 0) is 33.6 Å². The Hall–Kier alpha value is -2.19. The Kier molecular flexibility index (Phi) is 6.11. The number of carbonyl (C=O) groups is 3. The van der Waals surface area contributed by atoms with Crippen molar-refractivity contribution in [3.8, 4) is 0 Å². The average Bonchev–Trinajstić information content (AvgIpc) is 3.31. The number of likely N-dealkylation sites (tertiary alicyclic amines) is 1. The average molecular weight is 421 g/mol. The number of aliphatic hydroxyl groups is 1. The van der Waals surface area contributed by atoms with Crippen LogP contribution in [0.3, 0.4) is 0 Å². The lowest BCUT2D eigenvalue weighted by Gasteiger charge is -2.41. The summed E-state index contributed by atoms with van der Waals surface area (Å²) in [4.78, 5) is 43.0. The van der Waals surface area contributed by atoms with E-state index >= 15 is 0 Å². The van der Waals surface area contributed by atoms with E-state index in [-0.39, 0.29) is 31.6 Å². The molecule has 8 heteroatoms. The molecule has 8 nitrogen and oxygen atoms in total. The molecule has 0 saturated carbocycles. The standard InChI is InChI=1S/C22H32N2O6/c1-6-10-24(21(3,4)5)19(27)17-22-9-8-14(30-22)15(20(28)29-13-7-2)16(22)18(26)23(17)11-12-25/h6-7,14-17,25H,1-2,8-13H2,3-5H3/t14-,15+,16+,17?,22?/m1/s1. The first kappa shape index (κ1) is 22.5. The molecule has 3 heterocycles. The number of aliphatic hydroxyl groups excluding tert-OH is 1. The molecule has 0 radical (unpaired) electrons.